The van der Waals surface area contributed by atoms with Gasteiger partial charge >= 0.3 is 6.09 Å². The highest BCUT2D eigenvalue weighted by atomic mass is 79.9. The molecule has 0 aliphatic carbocycles. The number of pyridine rings is 1. The van der Waals surface area contributed by atoms with E-state index in [2.05, 4.69) is 26.2 Å². The molecule has 0 atom stereocenters. The molecule has 1 amide bonds. The minimum Gasteiger partial charge on any atom is -0.483 e. The van der Waals surface area contributed by atoms with Gasteiger partial charge in [0.15, 0.2) is 11.6 Å². The summed E-state index contributed by atoms with van der Waals surface area (Å²) in [5, 5.41) is 2.71. The Bertz CT molecular complexity index is 545. The van der Waals surface area contributed by atoms with Gasteiger partial charge in [0, 0.05) is 0 Å². The number of carbonyl (C=O) groups excluding carboxylic acids is 1. The first-order valence-electron chi connectivity index (χ1n) is 5.92. The van der Waals surface area contributed by atoms with E-state index < -0.39 is 11.7 Å². The van der Waals surface area contributed by atoms with E-state index in [1.807, 2.05) is 0 Å². The van der Waals surface area contributed by atoms with Crippen molar-refractivity contribution in [3.05, 3.63) is 9.50 Å². The molecule has 6 nitrogen and oxygen atoms in total. The molecule has 0 fully saturated rings. The Hall–Kier alpha value is -1.21. The standard InChI is InChI=1S/C12H14BrClN2O4/c1-12(2,3)20-11(17)16-9-7(14)6(13)8-10(15-9)19-5-4-18-8/h4-5H2,1-3H3,(H,15,16,17). The van der Waals surface area contributed by atoms with Gasteiger partial charge in [-0.1, -0.05) is 11.6 Å². The average Bonchev–Trinajstić information content (AvgIpc) is 2.33. The minimum atomic E-state index is -0.643. The van der Waals surface area contributed by atoms with Crippen molar-refractivity contribution >= 4 is 39.4 Å². The van der Waals surface area contributed by atoms with Crippen LogP contribution < -0.4 is 14.8 Å². The van der Waals surface area contributed by atoms with Crippen LogP contribution >= 0.6 is 27.5 Å². The van der Waals surface area contributed by atoms with Crippen LogP contribution in [0.1, 0.15) is 20.8 Å². The van der Waals surface area contributed by atoms with Crippen LogP contribution in [0.15, 0.2) is 4.47 Å². The van der Waals surface area contributed by atoms with Crippen LogP contribution in [0.5, 0.6) is 11.6 Å². The normalized spacial score (nSPS) is 13.8. The SMILES string of the molecule is CC(C)(C)OC(=O)Nc1nc2c(c(Br)c1Cl)OCCO2. The molecule has 0 bridgehead atoms. The molecule has 1 N–H and O–H groups in total. The Morgan fingerprint density at radius 2 is 2.05 bits per heavy atom. The van der Waals surface area contributed by atoms with E-state index in [1.54, 1.807) is 20.8 Å². The lowest BCUT2D eigenvalue weighted by atomic mass is 10.2. The first-order chi connectivity index (χ1) is 9.28. The van der Waals surface area contributed by atoms with Gasteiger partial charge in [0.05, 0.1) is 4.47 Å². The number of halogens is 2. The number of rotatable bonds is 1. The van der Waals surface area contributed by atoms with Gasteiger partial charge in [0.1, 0.15) is 23.8 Å². The summed E-state index contributed by atoms with van der Waals surface area (Å²) in [7, 11) is 0. The fourth-order valence-corrected chi connectivity index (χ4v) is 2.13. The summed E-state index contributed by atoms with van der Waals surface area (Å²) in [6.45, 7) is 6.10. The summed E-state index contributed by atoms with van der Waals surface area (Å²) in [5.74, 6) is 0.853. The van der Waals surface area contributed by atoms with E-state index in [-0.39, 0.29) is 16.7 Å². The van der Waals surface area contributed by atoms with Gasteiger partial charge in [0.2, 0.25) is 0 Å². The second-order valence-electron chi connectivity index (χ2n) is 5.05. The fraction of sp³-hybridized carbons (Fsp3) is 0.500. The van der Waals surface area contributed by atoms with E-state index in [4.69, 9.17) is 25.8 Å². The summed E-state index contributed by atoms with van der Waals surface area (Å²) in [5.41, 5.74) is -0.610. The molecule has 8 heteroatoms. The quantitative estimate of drug-likeness (QED) is 0.823. The van der Waals surface area contributed by atoms with Gasteiger partial charge in [-0.3, -0.25) is 5.32 Å². The molecular weight excluding hydrogens is 351 g/mol. The molecule has 0 saturated heterocycles. The second-order valence-corrected chi connectivity index (χ2v) is 6.22. The lowest BCUT2D eigenvalue weighted by molar-refractivity contribution is 0.0635. The highest BCUT2D eigenvalue weighted by molar-refractivity contribution is 9.10. The third-order valence-electron chi connectivity index (χ3n) is 2.20. The first-order valence-corrected chi connectivity index (χ1v) is 7.09. The van der Waals surface area contributed by atoms with Crippen molar-refractivity contribution in [1.82, 2.24) is 4.98 Å². The molecule has 0 aromatic carbocycles. The molecule has 0 spiro atoms. The molecule has 1 aromatic heterocycles. The van der Waals surface area contributed by atoms with Crippen LogP contribution in [0, 0.1) is 0 Å². The minimum absolute atomic E-state index is 0.150. The third kappa shape index (κ3) is 3.46. The van der Waals surface area contributed by atoms with E-state index in [0.717, 1.165) is 0 Å². The number of carbonyl (C=O) groups is 1. The smallest absolute Gasteiger partial charge is 0.413 e. The number of ether oxygens (including phenoxy) is 3. The molecule has 20 heavy (non-hydrogen) atoms. The molecule has 110 valence electrons. The topological polar surface area (TPSA) is 69.7 Å². The average molecular weight is 366 g/mol. The highest BCUT2D eigenvalue weighted by Crippen LogP contribution is 2.43. The first kappa shape index (κ1) is 15.2. The molecule has 1 aromatic rings. The lowest BCUT2D eigenvalue weighted by Gasteiger charge is -2.22. The maximum atomic E-state index is 11.7. The Morgan fingerprint density at radius 1 is 1.40 bits per heavy atom. The largest absolute Gasteiger partial charge is 0.483 e. The number of hydrogen-bond acceptors (Lipinski definition) is 5. The van der Waals surface area contributed by atoms with E-state index in [1.165, 1.54) is 0 Å². The van der Waals surface area contributed by atoms with Crippen LogP contribution in [0.4, 0.5) is 10.6 Å². The number of aromatic nitrogens is 1. The summed E-state index contributed by atoms with van der Waals surface area (Å²) in [6.07, 6.45) is -0.643. The molecule has 2 rings (SSSR count). The van der Waals surface area contributed by atoms with Crippen molar-refractivity contribution in [3.63, 3.8) is 0 Å². The third-order valence-corrected chi connectivity index (χ3v) is 3.55. The van der Waals surface area contributed by atoms with E-state index in [0.29, 0.717) is 23.4 Å². The lowest BCUT2D eigenvalue weighted by Crippen LogP contribution is -2.28. The summed E-state index contributed by atoms with van der Waals surface area (Å²) in [4.78, 5) is 15.9. The molecule has 1 aliphatic heterocycles. The number of hydrogen-bond donors (Lipinski definition) is 1. The van der Waals surface area contributed by atoms with Crippen LogP contribution in [-0.4, -0.2) is 29.9 Å². The van der Waals surface area contributed by atoms with Crippen molar-refractivity contribution in [2.75, 3.05) is 18.5 Å². The number of fused-ring (bicyclic) bond motifs is 1. The maximum Gasteiger partial charge on any atom is 0.413 e. The molecule has 0 saturated carbocycles. The maximum absolute atomic E-state index is 11.7. The van der Waals surface area contributed by atoms with Crippen molar-refractivity contribution in [2.45, 2.75) is 26.4 Å². The van der Waals surface area contributed by atoms with Crippen molar-refractivity contribution < 1.29 is 19.0 Å². The number of nitrogens with one attached hydrogen (secondary N) is 1. The van der Waals surface area contributed by atoms with Crippen molar-refractivity contribution in [2.24, 2.45) is 0 Å². The Labute approximate surface area is 129 Å². The Kier molecular flexibility index (Phi) is 4.29. The predicted molar refractivity (Wildman–Crippen MR) is 77.8 cm³/mol. The zero-order valence-electron chi connectivity index (χ0n) is 11.3. The molecule has 1 aliphatic rings. The summed E-state index contributed by atoms with van der Waals surface area (Å²) < 4.78 is 16.4. The van der Waals surface area contributed by atoms with Gasteiger partial charge in [0.25, 0.3) is 5.88 Å². The Morgan fingerprint density at radius 3 is 2.70 bits per heavy atom. The van der Waals surface area contributed by atoms with Crippen LogP contribution in [0.25, 0.3) is 0 Å². The predicted octanol–water partition coefficient (Wildman–Crippen LogP) is 3.62. The van der Waals surface area contributed by atoms with Gasteiger partial charge in [-0.05, 0) is 36.7 Å². The zero-order valence-corrected chi connectivity index (χ0v) is 13.6. The number of nitrogens with zero attached hydrogens (tertiary/aromatic N) is 1. The monoisotopic (exact) mass is 364 g/mol. The van der Waals surface area contributed by atoms with Crippen molar-refractivity contribution in [1.29, 1.82) is 0 Å². The second kappa shape index (κ2) is 5.65. The zero-order chi connectivity index (χ0) is 14.9. The highest BCUT2D eigenvalue weighted by Gasteiger charge is 2.24. The van der Waals surface area contributed by atoms with E-state index >= 15 is 0 Å². The molecule has 0 radical (unpaired) electrons. The number of amides is 1. The molecule has 0 unspecified atom stereocenters. The van der Waals surface area contributed by atoms with Crippen LogP contribution in [-0.2, 0) is 4.74 Å². The molecule has 2 heterocycles. The summed E-state index contributed by atoms with van der Waals surface area (Å²) >= 11 is 9.43. The van der Waals surface area contributed by atoms with Gasteiger partial charge < -0.3 is 14.2 Å². The molecular formula is C12H14BrClN2O4. The van der Waals surface area contributed by atoms with Crippen LogP contribution in [0.3, 0.4) is 0 Å². The van der Waals surface area contributed by atoms with Crippen LogP contribution in [0.2, 0.25) is 5.02 Å². The number of anilines is 1. The van der Waals surface area contributed by atoms with E-state index in [9.17, 15) is 4.79 Å². The van der Waals surface area contributed by atoms with Gasteiger partial charge in [-0.25, -0.2) is 4.79 Å². The Balaban J connectivity index is 2.24. The van der Waals surface area contributed by atoms with Gasteiger partial charge in [-0.15, -0.1) is 0 Å². The van der Waals surface area contributed by atoms with Crippen molar-refractivity contribution in [3.8, 4) is 11.6 Å². The van der Waals surface area contributed by atoms with Gasteiger partial charge in [-0.2, -0.15) is 4.98 Å². The fourth-order valence-electron chi connectivity index (χ4n) is 1.49. The summed E-state index contributed by atoms with van der Waals surface area (Å²) in [6, 6.07) is 0.